The third-order valence-electron chi connectivity index (χ3n) is 2.75. The van der Waals surface area contributed by atoms with Crippen LogP contribution in [0.5, 0.6) is 11.8 Å². The van der Waals surface area contributed by atoms with Gasteiger partial charge in [-0.25, -0.2) is 0 Å². The molecule has 2 aromatic rings. The Bertz CT molecular complexity index is 609. The number of benzene rings is 1. The lowest BCUT2D eigenvalue weighted by Crippen LogP contribution is -2.15. The van der Waals surface area contributed by atoms with E-state index in [-0.39, 0.29) is 11.3 Å². The van der Waals surface area contributed by atoms with Gasteiger partial charge in [-0.1, -0.05) is 13.0 Å². The standard InChI is InChI=1S/C14H17ClN4O2/c1-4-8-21-14-17-12(15)16-13(18-14)19(2)10-6-5-7-11(9-10)20-3/h5-7,9H,4,8H2,1-3H3. The molecular weight excluding hydrogens is 292 g/mol. The Balaban J connectivity index is 2.28. The van der Waals surface area contributed by atoms with Crippen molar-refractivity contribution in [3.8, 4) is 11.8 Å². The van der Waals surface area contributed by atoms with E-state index in [9.17, 15) is 0 Å². The predicted molar refractivity (Wildman–Crippen MR) is 81.7 cm³/mol. The highest BCUT2D eigenvalue weighted by Crippen LogP contribution is 2.25. The number of ether oxygens (including phenoxy) is 2. The molecule has 0 aliphatic heterocycles. The Kier molecular flexibility index (Phi) is 5.16. The number of anilines is 2. The molecule has 0 amide bonds. The summed E-state index contributed by atoms with van der Waals surface area (Å²) in [6.45, 7) is 2.54. The van der Waals surface area contributed by atoms with Crippen LogP contribution >= 0.6 is 11.6 Å². The largest absolute Gasteiger partial charge is 0.497 e. The van der Waals surface area contributed by atoms with Crippen LogP contribution in [0.25, 0.3) is 0 Å². The van der Waals surface area contributed by atoms with Gasteiger partial charge in [0.25, 0.3) is 0 Å². The van der Waals surface area contributed by atoms with Crippen LogP contribution in [0.4, 0.5) is 11.6 Å². The Labute approximate surface area is 128 Å². The lowest BCUT2D eigenvalue weighted by molar-refractivity contribution is 0.291. The van der Waals surface area contributed by atoms with E-state index in [1.165, 1.54) is 0 Å². The van der Waals surface area contributed by atoms with Crippen LogP contribution in [0.3, 0.4) is 0 Å². The van der Waals surface area contributed by atoms with Crippen molar-refractivity contribution in [2.45, 2.75) is 13.3 Å². The molecule has 0 aliphatic carbocycles. The number of nitrogens with zero attached hydrogens (tertiary/aromatic N) is 4. The van der Waals surface area contributed by atoms with Gasteiger partial charge in [-0.15, -0.1) is 0 Å². The van der Waals surface area contributed by atoms with E-state index < -0.39 is 0 Å². The van der Waals surface area contributed by atoms with Gasteiger partial charge in [0, 0.05) is 18.8 Å². The first kappa shape index (κ1) is 15.3. The summed E-state index contributed by atoms with van der Waals surface area (Å²) in [6.07, 6.45) is 0.865. The maximum absolute atomic E-state index is 5.93. The first-order valence-electron chi connectivity index (χ1n) is 6.56. The highest BCUT2D eigenvalue weighted by atomic mass is 35.5. The van der Waals surface area contributed by atoms with Crippen LogP contribution in [-0.2, 0) is 0 Å². The molecule has 7 heteroatoms. The van der Waals surface area contributed by atoms with Gasteiger partial charge in [0.05, 0.1) is 13.7 Å². The summed E-state index contributed by atoms with van der Waals surface area (Å²) >= 11 is 5.93. The molecule has 1 aromatic heterocycles. The number of aromatic nitrogens is 3. The maximum atomic E-state index is 5.93. The van der Waals surface area contributed by atoms with Gasteiger partial charge in [0.15, 0.2) is 0 Å². The molecule has 0 unspecified atom stereocenters. The number of hydrogen-bond donors (Lipinski definition) is 0. The molecule has 6 nitrogen and oxygen atoms in total. The first-order chi connectivity index (χ1) is 10.1. The molecule has 0 saturated carbocycles. The van der Waals surface area contributed by atoms with E-state index in [4.69, 9.17) is 21.1 Å². The van der Waals surface area contributed by atoms with Gasteiger partial charge >= 0.3 is 6.01 Å². The molecule has 1 heterocycles. The lowest BCUT2D eigenvalue weighted by atomic mass is 10.3. The molecule has 0 saturated heterocycles. The Morgan fingerprint density at radius 2 is 2.05 bits per heavy atom. The normalized spacial score (nSPS) is 10.3. The zero-order valence-electron chi connectivity index (χ0n) is 12.2. The SMILES string of the molecule is CCCOc1nc(Cl)nc(N(C)c2cccc(OC)c2)n1. The minimum atomic E-state index is 0.0980. The van der Waals surface area contributed by atoms with Crippen molar-refractivity contribution in [2.24, 2.45) is 0 Å². The third kappa shape index (κ3) is 3.95. The van der Waals surface area contributed by atoms with Crippen molar-refractivity contribution in [3.63, 3.8) is 0 Å². The summed E-state index contributed by atoms with van der Waals surface area (Å²) < 4.78 is 10.6. The van der Waals surface area contributed by atoms with Crippen LogP contribution in [-0.4, -0.2) is 35.7 Å². The molecule has 0 atom stereocenters. The molecule has 2 rings (SSSR count). The molecule has 0 bridgehead atoms. The molecule has 0 radical (unpaired) electrons. The van der Waals surface area contributed by atoms with Crippen LogP contribution in [0.2, 0.25) is 5.28 Å². The molecule has 21 heavy (non-hydrogen) atoms. The van der Waals surface area contributed by atoms with E-state index in [0.717, 1.165) is 17.9 Å². The number of methoxy groups -OCH3 is 1. The first-order valence-corrected chi connectivity index (χ1v) is 6.94. The van der Waals surface area contributed by atoms with E-state index in [0.29, 0.717) is 12.6 Å². The van der Waals surface area contributed by atoms with Crippen LogP contribution < -0.4 is 14.4 Å². The van der Waals surface area contributed by atoms with Crippen molar-refractivity contribution in [1.29, 1.82) is 0 Å². The van der Waals surface area contributed by atoms with Crippen LogP contribution in [0.15, 0.2) is 24.3 Å². The van der Waals surface area contributed by atoms with E-state index in [2.05, 4.69) is 15.0 Å². The second kappa shape index (κ2) is 7.08. The van der Waals surface area contributed by atoms with E-state index >= 15 is 0 Å². The highest BCUT2D eigenvalue weighted by molar-refractivity contribution is 6.28. The molecule has 0 N–H and O–H groups in total. The molecule has 0 fully saturated rings. The second-order valence-electron chi connectivity index (χ2n) is 4.30. The highest BCUT2D eigenvalue weighted by Gasteiger charge is 2.12. The summed E-state index contributed by atoms with van der Waals surface area (Å²) in [5.74, 6) is 1.16. The predicted octanol–water partition coefficient (Wildman–Crippen LogP) is 3.09. The fourth-order valence-electron chi connectivity index (χ4n) is 1.66. The van der Waals surface area contributed by atoms with Crippen LogP contribution in [0.1, 0.15) is 13.3 Å². The van der Waals surface area contributed by atoms with Gasteiger partial charge in [-0.05, 0) is 30.2 Å². The number of hydrogen-bond acceptors (Lipinski definition) is 6. The van der Waals surface area contributed by atoms with Gasteiger partial charge in [0.1, 0.15) is 5.75 Å². The van der Waals surface area contributed by atoms with Gasteiger partial charge < -0.3 is 14.4 Å². The summed E-state index contributed by atoms with van der Waals surface area (Å²) in [5.41, 5.74) is 0.873. The smallest absolute Gasteiger partial charge is 0.322 e. The van der Waals surface area contributed by atoms with Gasteiger partial charge in [0.2, 0.25) is 11.2 Å². The van der Waals surface area contributed by atoms with Crippen molar-refractivity contribution in [3.05, 3.63) is 29.5 Å². The Hall–Kier alpha value is -2.08. The summed E-state index contributed by atoms with van der Waals surface area (Å²) in [4.78, 5) is 14.1. The van der Waals surface area contributed by atoms with E-state index in [1.807, 2.05) is 38.2 Å². The lowest BCUT2D eigenvalue weighted by Gasteiger charge is -2.18. The molecule has 0 aliphatic rings. The number of halogens is 1. The molecule has 112 valence electrons. The molecular formula is C14H17ClN4O2. The van der Waals surface area contributed by atoms with Gasteiger partial charge in [-0.3, -0.25) is 0 Å². The average molecular weight is 309 g/mol. The average Bonchev–Trinajstić information content (AvgIpc) is 2.51. The quantitative estimate of drug-likeness (QED) is 0.817. The fraction of sp³-hybridized carbons (Fsp3) is 0.357. The monoisotopic (exact) mass is 308 g/mol. The number of rotatable bonds is 6. The minimum absolute atomic E-state index is 0.0980. The van der Waals surface area contributed by atoms with Crippen molar-refractivity contribution >= 4 is 23.2 Å². The zero-order valence-corrected chi connectivity index (χ0v) is 13.0. The summed E-state index contributed by atoms with van der Waals surface area (Å²) in [7, 11) is 3.46. The van der Waals surface area contributed by atoms with Crippen molar-refractivity contribution in [2.75, 3.05) is 25.7 Å². The molecule has 1 aromatic carbocycles. The van der Waals surface area contributed by atoms with Crippen LogP contribution in [0, 0.1) is 0 Å². The zero-order chi connectivity index (χ0) is 15.2. The Morgan fingerprint density at radius 1 is 1.24 bits per heavy atom. The van der Waals surface area contributed by atoms with Crippen molar-refractivity contribution in [1.82, 2.24) is 15.0 Å². The topological polar surface area (TPSA) is 60.4 Å². The van der Waals surface area contributed by atoms with E-state index in [1.54, 1.807) is 12.0 Å². The summed E-state index contributed by atoms with van der Waals surface area (Å²) in [5, 5.41) is 0.0980. The van der Waals surface area contributed by atoms with Gasteiger partial charge in [-0.2, -0.15) is 15.0 Å². The second-order valence-corrected chi connectivity index (χ2v) is 4.63. The fourth-order valence-corrected chi connectivity index (χ4v) is 1.81. The van der Waals surface area contributed by atoms with Crippen molar-refractivity contribution < 1.29 is 9.47 Å². The maximum Gasteiger partial charge on any atom is 0.322 e. The minimum Gasteiger partial charge on any atom is -0.497 e. The third-order valence-corrected chi connectivity index (χ3v) is 2.92. The molecule has 0 spiro atoms. The summed E-state index contributed by atoms with van der Waals surface area (Å²) in [6, 6.07) is 7.79. The Morgan fingerprint density at radius 3 is 2.76 bits per heavy atom.